The maximum Gasteiger partial charge on any atom is 0.291 e. The number of nitro benzene ring substituents is 1. The highest BCUT2D eigenvalue weighted by Crippen LogP contribution is 2.30. The summed E-state index contributed by atoms with van der Waals surface area (Å²) in [6.45, 7) is 0.301. The Bertz CT molecular complexity index is 773. The van der Waals surface area contributed by atoms with Crippen LogP contribution in [-0.2, 0) is 6.54 Å². The summed E-state index contributed by atoms with van der Waals surface area (Å²) in [5.41, 5.74) is 2.17. The third kappa shape index (κ3) is 2.40. The van der Waals surface area contributed by atoms with E-state index >= 15 is 0 Å². The largest absolute Gasteiger partial charge is 0.438 e. The maximum atomic E-state index is 10.8. The van der Waals surface area contributed by atoms with Gasteiger partial charge in [0.25, 0.3) is 5.69 Å². The highest BCUT2D eigenvalue weighted by atomic mass is 35.5. The van der Waals surface area contributed by atoms with Crippen molar-refractivity contribution in [3.8, 4) is 0 Å². The number of nitrogens with one attached hydrogen (secondary N) is 1. The van der Waals surface area contributed by atoms with Crippen LogP contribution in [0.1, 0.15) is 5.89 Å². The number of anilines is 1. The first-order valence-corrected chi connectivity index (χ1v) is 6.62. The number of fused-ring (bicyclic) bond motifs is 1. The summed E-state index contributed by atoms with van der Waals surface area (Å²) in [6.07, 6.45) is 0. The molecule has 20 heavy (non-hydrogen) atoms. The van der Waals surface area contributed by atoms with Crippen LogP contribution in [-0.4, -0.2) is 20.1 Å². The van der Waals surface area contributed by atoms with Crippen molar-refractivity contribution in [3.05, 3.63) is 38.7 Å². The summed E-state index contributed by atoms with van der Waals surface area (Å²) in [4.78, 5) is 14.4. The number of aromatic nitrogens is 3. The molecule has 2 aromatic heterocycles. The monoisotopic (exact) mass is 311 g/mol. The fourth-order valence-electron chi connectivity index (χ4n) is 1.60. The van der Waals surface area contributed by atoms with Crippen LogP contribution >= 0.6 is 22.9 Å². The molecule has 8 nitrogen and oxygen atoms in total. The molecule has 0 aliphatic carbocycles. The molecule has 2 heterocycles. The third-order valence-corrected chi connectivity index (χ3v) is 3.40. The van der Waals surface area contributed by atoms with Gasteiger partial charge in [-0.3, -0.25) is 10.1 Å². The van der Waals surface area contributed by atoms with Gasteiger partial charge in [0.15, 0.2) is 5.58 Å². The molecule has 0 aliphatic rings. The van der Waals surface area contributed by atoms with Crippen LogP contribution in [0.3, 0.4) is 0 Å². The van der Waals surface area contributed by atoms with Crippen molar-refractivity contribution in [1.82, 2.24) is 15.2 Å². The summed E-state index contributed by atoms with van der Waals surface area (Å²) < 4.78 is 5.43. The van der Waals surface area contributed by atoms with Crippen LogP contribution in [0, 0.1) is 10.1 Å². The molecule has 102 valence electrons. The maximum absolute atomic E-state index is 10.8. The van der Waals surface area contributed by atoms with Crippen molar-refractivity contribution in [3.63, 3.8) is 0 Å². The zero-order valence-corrected chi connectivity index (χ0v) is 11.3. The standard InChI is InChI=1S/C10H6ClN5O3S/c11-5-1-6-8(2-7(5)16(17)18)19-9(14-6)3-12-10-15-13-4-20-10/h1-2,4H,3H2,(H,12,15). The zero-order valence-electron chi connectivity index (χ0n) is 9.74. The lowest BCUT2D eigenvalue weighted by Crippen LogP contribution is -1.98. The smallest absolute Gasteiger partial charge is 0.291 e. The molecule has 10 heteroatoms. The van der Waals surface area contributed by atoms with Gasteiger partial charge >= 0.3 is 0 Å². The minimum atomic E-state index is -0.566. The Kier molecular flexibility index (Phi) is 3.20. The van der Waals surface area contributed by atoms with Gasteiger partial charge in [-0.05, 0) is 6.07 Å². The quantitative estimate of drug-likeness (QED) is 0.583. The van der Waals surface area contributed by atoms with Gasteiger partial charge in [0.2, 0.25) is 11.0 Å². The van der Waals surface area contributed by atoms with E-state index in [1.165, 1.54) is 23.5 Å². The first-order valence-electron chi connectivity index (χ1n) is 5.37. The molecule has 0 bridgehead atoms. The van der Waals surface area contributed by atoms with Gasteiger partial charge in [0, 0.05) is 0 Å². The average molecular weight is 312 g/mol. The predicted octanol–water partition coefficient (Wildman–Crippen LogP) is 2.85. The van der Waals surface area contributed by atoms with Crippen molar-refractivity contribution >= 4 is 44.9 Å². The number of rotatable bonds is 4. The predicted molar refractivity (Wildman–Crippen MR) is 72.9 cm³/mol. The summed E-state index contributed by atoms with van der Waals surface area (Å²) in [5, 5.41) is 21.9. The molecule has 1 N–H and O–H groups in total. The van der Waals surface area contributed by atoms with E-state index in [4.69, 9.17) is 16.0 Å². The number of nitrogens with zero attached hydrogens (tertiary/aromatic N) is 4. The second kappa shape index (κ2) is 5.02. The molecule has 0 aliphatic heterocycles. The molecule has 0 unspecified atom stereocenters. The lowest BCUT2D eigenvalue weighted by molar-refractivity contribution is -0.384. The Morgan fingerprint density at radius 2 is 2.35 bits per heavy atom. The Hall–Kier alpha value is -2.26. The first kappa shape index (κ1) is 12.8. The van der Waals surface area contributed by atoms with Crippen LogP contribution in [0.4, 0.5) is 10.8 Å². The normalized spacial score (nSPS) is 10.8. The van der Waals surface area contributed by atoms with Crippen LogP contribution in [0.5, 0.6) is 0 Å². The van der Waals surface area contributed by atoms with Crippen molar-refractivity contribution in [2.45, 2.75) is 6.54 Å². The number of oxazole rings is 1. The fourth-order valence-corrected chi connectivity index (χ4v) is 2.27. The fraction of sp³-hybridized carbons (Fsp3) is 0.100. The highest BCUT2D eigenvalue weighted by molar-refractivity contribution is 7.13. The van der Waals surface area contributed by atoms with Gasteiger partial charge in [0.1, 0.15) is 16.0 Å². The van der Waals surface area contributed by atoms with Crippen molar-refractivity contribution in [2.75, 3.05) is 5.32 Å². The van der Waals surface area contributed by atoms with E-state index in [2.05, 4.69) is 20.5 Å². The van der Waals surface area contributed by atoms with Crippen LogP contribution in [0.15, 0.2) is 22.1 Å². The lowest BCUT2D eigenvalue weighted by Gasteiger charge is -1.95. The van der Waals surface area contributed by atoms with Crippen LogP contribution in [0.25, 0.3) is 11.1 Å². The summed E-state index contributed by atoms with van der Waals surface area (Å²) in [7, 11) is 0. The minimum absolute atomic E-state index is 0.0273. The van der Waals surface area contributed by atoms with Gasteiger partial charge in [-0.2, -0.15) is 0 Å². The van der Waals surface area contributed by atoms with E-state index in [1.54, 1.807) is 5.51 Å². The molecule has 0 saturated carbocycles. The van der Waals surface area contributed by atoms with E-state index in [9.17, 15) is 10.1 Å². The number of benzene rings is 1. The highest BCUT2D eigenvalue weighted by Gasteiger charge is 2.17. The Morgan fingerprint density at radius 1 is 1.50 bits per heavy atom. The second-order valence-electron chi connectivity index (χ2n) is 3.73. The van der Waals surface area contributed by atoms with Gasteiger partial charge < -0.3 is 9.73 Å². The zero-order chi connectivity index (χ0) is 14.1. The molecule has 0 fully saturated rings. The molecule has 3 rings (SSSR count). The Balaban J connectivity index is 1.88. The minimum Gasteiger partial charge on any atom is -0.438 e. The van der Waals surface area contributed by atoms with Gasteiger partial charge in [-0.25, -0.2) is 4.98 Å². The van der Waals surface area contributed by atoms with Crippen molar-refractivity contribution in [2.24, 2.45) is 0 Å². The number of hydrogen-bond donors (Lipinski definition) is 1. The Labute approximate surface area is 120 Å². The number of halogens is 1. The molecular formula is C10H6ClN5O3S. The topological polar surface area (TPSA) is 107 Å². The van der Waals surface area contributed by atoms with Gasteiger partial charge in [0.05, 0.1) is 17.5 Å². The van der Waals surface area contributed by atoms with Crippen molar-refractivity contribution in [1.29, 1.82) is 0 Å². The van der Waals surface area contributed by atoms with E-state index in [1.807, 2.05) is 0 Å². The third-order valence-electron chi connectivity index (χ3n) is 2.45. The summed E-state index contributed by atoms with van der Waals surface area (Å²) in [5.74, 6) is 0.381. The van der Waals surface area contributed by atoms with E-state index in [-0.39, 0.29) is 10.7 Å². The molecule has 0 amide bonds. The molecule has 0 saturated heterocycles. The van der Waals surface area contributed by atoms with E-state index in [0.717, 1.165) is 0 Å². The molecule has 0 atom stereocenters. The average Bonchev–Trinajstić information content (AvgIpc) is 3.03. The van der Waals surface area contributed by atoms with Crippen LogP contribution < -0.4 is 5.32 Å². The van der Waals surface area contributed by atoms with Gasteiger partial charge in [-0.1, -0.05) is 22.9 Å². The molecule has 1 aromatic carbocycles. The number of hydrogen-bond acceptors (Lipinski definition) is 8. The lowest BCUT2D eigenvalue weighted by atomic mass is 10.3. The molecule has 3 aromatic rings. The molecular weight excluding hydrogens is 306 g/mol. The van der Waals surface area contributed by atoms with Gasteiger partial charge in [-0.15, -0.1) is 10.2 Å². The second-order valence-corrected chi connectivity index (χ2v) is 4.97. The molecule has 0 radical (unpaired) electrons. The van der Waals surface area contributed by atoms with E-state index < -0.39 is 4.92 Å². The first-order chi connectivity index (χ1) is 9.63. The van der Waals surface area contributed by atoms with Crippen molar-refractivity contribution < 1.29 is 9.34 Å². The Morgan fingerprint density at radius 3 is 3.05 bits per heavy atom. The molecule has 0 spiro atoms. The summed E-state index contributed by atoms with van der Waals surface area (Å²) >= 11 is 7.15. The number of nitro groups is 1. The van der Waals surface area contributed by atoms with Crippen LogP contribution in [0.2, 0.25) is 5.02 Å². The summed E-state index contributed by atoms with van der Waals surface area (Å²) in [6, 6.07) is 2.67. The SMILES string of the molecule is O=[N+]([O-])c1cc2oc(CNc3nncs3)nc2cc1Cl. The van der Waals surface area contributed by atoms with E-state index in [0.29, 0.717) is 28.7 Å².